The molecule has 0 spiro atoms. The van der Waals surface area contributed by atoms with Crippen LogP contribution in [-0.2, 0) is 11.2 Å². The number of amides is 2. The van der Waals surface area contributed by atoms with Gasteiger partial charge in [-0.1, -0.05) is 35.9 Å². The number of nitrogens with one attached hydrogen (secondary N) is 1. The van der Waals surface area contributed by atoms with Crippen LogP contribution in [-0.4, -0.2) is 40.8 Å². The lowest BCUT2D eigenvalue weighted by molar-refractivity contribution is -0.118. The van der Waals surface area contributed by atoms with Gasteiger partial charge in [0.2, 0.25) is 5.91 Å². The monoisotopic (exact) mass is 393 g/mol. The molecule has 28 heavy (non-hydrogen) atoms. The van der Waals surface area contributed by atoms with Crippen molar-refractivity contribution in [3.05, 3.63) is 64.8 Å². The summed E-state index contributed by atoms with van der Waals surface area (Å²) in [6.45, 7) is 1.30. The second-order valence-corrected chi connectivity index (χ2v) is 7.92. The average molecular weight is 394 g/mol. The number of benzene rings is 2. The minimum absolute atomic E-state index is 0.0279. The van der Waals surface area contributed by atoms with Gasteiger partial charge in [-0.15, -0.1) is 0 Å². The number of carbonyl (C=O) groups excluding carboxylic acids is 2. The minimum atomic E-state index is 0.0279. The number of halogens is 1. The molecule has 6 heteroatoms. The van der Waals surface area contributed by atoms with Gasteiger partial charge in [0.15, 0.2) is 0 Å². The highest BCUT2D eigenvalue weighted by Gasteiger charge is 2.35. The molecular formula is C22H20ClN3O2. The molecular weight excluding hydrogens is 374 g/mol. The van der Waals surface area contributed by atoms with E-state index in [0.29, 0.717) is 30.1 Å². The lowest BCUT2D eigenvalue weighted by Crippen LogP contribution is -2.48. The zero-order valence-electron chi connectivity index (χ0n) is 15.3. The van der Waals surface area contributed by atoms with E-state index in [4.69, 9.17) is 11.6 Å². The second-order valence-electron chi connectivity index (χ2n) is 7.48. The Morgan fingerprint density at radius 3 is 2.71 bits per heavy atom. The van der Waals surface area contributed by atoms with Crippen LogP contribution in [0.2, 0.25) is 5.02 Å². The number of piperidine rings is 1. The van der Waals surface area contributed by atoms with Gasteiger partial charge in [-0.25, -0.2) is 0 Å². The zero-order valence-corrected chi connectivity index (χ0v) is 16.1. The first-order valence-corrected chi connectivity index (χ1v) is 9.95. The Kier molecular flexibility index (Phi) is 4.13. The summed E-state index contributed by atoms with van der Waals surface area (Å²) in [5, 5.41) is 1.53. The molecule has 0 unspecified atom stereocenters. The van der Waals surface area contributed by atoms with Crippen LogP contribution in [0.5, 0.6) is 0 Å². The highest BCUT2D eigenvalue weighted by Crippen LogP contribution is 2.33. The summed E-state index contributed by atoms with van der Waals surface area (Å²) in [4.78, 5) is 32.6. The number of hydrogen-bond donors (Lipinski definition) is 1. The SMILES string of the molecule is O=C(c1c[nH]c2cc(Cl)ccc12)N1CCC(N2C(=O)Cc3ccccc32)CC1. The Morgan fingerprint density at radius 2 is 1.89 bits per heavy atom. The van der Waals surface area contributed by atoms with Gasteiger partial charge in [0, 0.05) is 46.9 Å². The van der Waals surface area contributed by atoms with Gasteiger partial charge in [0.05, 0.1) is 12.0 Å². The molecule has 2 aliphatic heterocycles. The first kappa shape index (κ1) is 17.3. The first-order chi connectivity index (χ1) is 13.6. The van der Waals surface area contributed by atoms with Crippen LogP contribution in [0.25, 0.3) is 10.9 Å². The molecule has 0 atom stereocenters. The predicted molar refractivity (Wildman–Crippen MR) is 110 cm³/mol. The molecule has 5 nitrogen and oxygen atoms in total. The van der Waals surface area contributed by atoms with Gasteiger partial charge in [-0.2, -0.15) is 0 Å². The fraction of sp³-hybridized carbons (Fsp3) is 0.273. The van der Waals surface area contributed by atoms with Crippen LogP contribution >= 0.6 is 11.6 Å². The van der Waals surface area contributed by atoms with E-state index >= 15 is 0 Å². The van der Waals surface area contributed by atoms with Crippen LogP contribution in [0, 0.1) is 0 Å². The molecule has 142 valence electrons. The number of para-hydroxylation sites is 1. The highest BCUT2D eigenvalue weighted by molar-refractivity contribution is 6.31. The van der Waals surface area contributed by atoms with Crippen molar-refractivity contribution >= 4 is 40.0 Å². The van der Waals surface area contributed by atoms with Crippen molar-refractivity contribution in [1.82, 2.24) is 9.88 Å². The van der Waals surface area contributed by atoms with Crippen molar-refractivity contribution in [2.75, 3.05) is 18.0 Å². The molecule has 2 aliphatic rings. The predicted octanol–water partition coefficient (Wildman–Crippen LogP) is 4.02. The normalized spacial score (nSPS) is 17.4. The number of carbonyl (C=O) groups is 2. The Labute approximate surface area is 167 Å². The molecule has 2 aromatic carbocycles. The van der Waals surface area contributed by atoms with E-state index in [-0.39, 0.29) is 17.9 Å². The van der Waals surface area contributed by atoms with Crippen molar-refractivity contribution in [2.45, 2.75) is 25.3 Å². The Balaban J connectivity index is 1.32. The summed E-state index contributed by atoms with van der Waals surface area (Å²) >= 11 is 6.03. The van der Waals surface area contributed by atoms with E-state index in [1.165, 1.54) is 0 Å². The number of H-pyrrole nitrogens is 1. The summed E-state index contributed by atoms with van der Waals surface area (Å²) in [6, 6.07) is 13.7. The number of hydrogen-bond acceptors (Lipinski definition) is 2. The first-order valence-electron chi connectivity index (χ1n) is 9.58. The van der Waals surface area contributed by atoms with Crippen LogP contribution in [0.1, 0.15) is 28.8 Å². The van der Waals surface area contributed by atoms with E-state index in [9.17, 15) is 9.59 Å². The molecule has 2 amide bonds. The van der Waals surface area contributed by atoms with Crippen molar-refractivity contribution in [3.63, 3.8) is 0 Å². The molecule has 5 rings (SSSR count). The van der Waals surface area contributed by atoms with Gasteiger partial charge in [0.25, 0.3) is 5.91 Å². The number of anilines is 1. The summed E-state index contributed by atoms with van der Waals surface area (Å²) < 4.78 is 0. The Bertz CT molecular complexity index is 1080. The van der Waals surface area contributed by atoms with Crippen LogP contribution in [0.15, 0.2) is 48.7 Å². The van der Waals surface area contributed by atoms with Crippen molar-refractivity contribution in [3.8, 4) is 0 Å². The number of aromatic amines is 1. The number of nitrogens with zero attached hydrogens (tertiary/aromatic N) is 2. The maximum Gasteiger partial charge on any atom is 0.256 e. The van der Waals surface area contributed by atoms with Crippen LogP contribution in [0.3, 0.4) is 0 Å². The maximum absolute atomic E-state index is 13.0. The topological polar surface area (TPSA) is 56.4 Å². The quantitative estimate of drug-likeness (QED) is 0.715. The molecule has 3 aromatic rings. The number of likely N-dealkylation sites (tertiary alicyclic amines) is 1. The molecule has 0 radical (unpaired) electrons. The highest BCUT2D eigenvalue weighted by atomic mass is 35.5. The maximum atomic E-state index is 13.0. The number of rotatable bonds is 2. The van der Waals surface area contributed by atoms with Gasteiger partial charge >= 0.3 is 0 Å². The van der Waals surface area contributed by atoms with Crippen LogP contribution < -0.4 is 4.90 Å². The third-order valence-electron chi connectivity index (χ3n) is 5.85. The smallest absolute Gasteiger partial charge is 0.256 e. The molecule has 1 fully saturated rings. The molecule has 1 aromatic heterocycles. The fourth-order valence-electron chi connectivity index (χ4n) is 4.45. The fourth-order valence-corrected chi connectivity index (χ4v) is 4.62. The molecule has 0 bridgehead atoms. The van der Waals surface area contributed by atoms with Gasteiger partial charge in [0.1, 0.15) is 0 Å². The molecule has 1 N–H and O–H groups in total. The van der Waals surface area contributed by atoms with Gasteiger partial charge in [-0.05, 0) is 36.6 Å². The van der Waals surface area contributed by atoms with Gasteiger partial charge < -0.3 is 14.8 Å². The van der Waals surface area contributed by atoms with Crippen molar-refractivity contribution < 1.29 is 9.59 Å². The lowest BCUT2D eigenvalue weighted by atomic mass is 10.0. The van der Waals surface area contributed by atoms with Crippen molar-refractivity contribution in [2.24, 2.45) is 0 Å². The Hall–Kier alpha value is -2.79. The third-order valence-corrected chi connectivity index (χ3v) is 6.09. The Morgan fingerprint density at radius 1 is 1.11 bits per heavy atom. The second kappa shape index (κ2) is 6.67. The lowest BCUT2D eigenvalue weighted by Gasteiger charge is -2.37. The van der Waals surface area contributed by atoms with E-state index in [2.05, 4.69) is 4.98 Å². The molecule has 1 saturated heterocycles. The third kappa shape index (κ3) is 2.78. The van der Waals surface area contributed by atoms with E-state index in [1.807, 2.05) is 46.2 Å². The summed E-state index contributed by atoms with van der Waals surface area (Å²) in [5.74, 6) is 0.194. The van der Waals surface area contributed by atoms with Crippen LogP contribution in [0.4, 0.5) is 5.69 Å². The number of fused-ring (bicyclic) bond motifs is 2. The van der Waals surface area contributed by atoms with Gasteiger partial charge in [-0.3, -0.25) is 9.59 Å². The average Bonchev–Trinajstić information content (AvgIpc) is 3.27. The minimum Gasteiger partial charge on any atom is -0.360 e. The molecule has 3 heterocycles. The summed E-state index contributed by atoms with van der Waals surface area (Å²) in [6.07, 6.45) is 3.82. The summed E-state index contributed by atoms with van der Waals surface area (Å²) in [7, 11) is 0. The van der Waals surface area contributed by atoms with E-state index < -0.39 is 0 Å². The molecule has 0 saturated carbocycles. The zero-order chi connectivity index (χ0) is 19.3. The summed E-state index contributed by atoms with van der Waals surface area (Å²) in [5.41, 5.74) is 3.67. The van der Waals surface area contributed by atoms with E-state index in [0.717, 1.165) is 35.0 Å². The standard InChI is InChI=1S/C22H20ClN3O2/c23-15-5-6-17-18(13-24-19(17)12-15)22(28)25-9-7-16(8-10-25)26-20-4-2-1-3-14(20)11-21(26)27/h1-6,12-13,16,24H,7-11H2. The largest absolute Gasteiger partial charge is 0.360 e. The molecule has 0 aliphatic carbocycles. The van der Waals surface area contributed by atoms with Crippen molar-refractivity contribution in [1.29, 1.82) is 0 Å². The van der Waals surface area contributed by atoms with E-state index in [1.54, 1.807) is 12.3 Å². The number of aromatic nitrogens is 1.